The summed E-state index contributed by atoms with van der Waals surface area (Å²) in [7, 11) is 1.88. The van der Waals surface area contributed by atoms with Gasteiger partial charge in [0, 0.05) is 24.4 Å². The number of hydrogen-bond donors (Lipinski definition) is 2. The predicted octanol–water partition coefficient (Wildman–Crippen LogP) is 4.10. The van der Waals surface area contributed by atoms with Crippen LogP contribution in [0.15, 0.2) is 42.9 Å². The molecule has 0 aliphatic carbocycles. The molecule has 0 saturated carbocycles. The van der Waals surface area contributed by atoms with Gasteiger partial charge in [-0.2, -0.15) is 10.2 Å². The average molecular weight is 458 g/mol. The summed E-state index contributed by atoms with van der Waals surface area (Å²) in [5, 5.41) is 15.5. The summed E-state index contributed by atoms with van der Waals surface area (Å²) in [6.45, 7) is 9.40. The van der Waals surface area contributed by atoms with Crippen molar-refractivity contribution in [3.05, 3.63) is 59.5 Å². The summed E-state index contributed by atoms with van der Waals surface area (Å²) in [5.74, 6) is 0.426. The Labute approximate surface area is 199 Å². The van der Waals surface area contributed by atoms with Crippen LogP contribution in [0.3, 0.4) is 0 Å². The Hall–Kier alpha value is -3.52. The van der Waals surface area contributed by atoms with Gasteiger partial charge in [0.05, 0.1) is 23.5 Å². The number of carbonyl (C=O) groups is 1. The normalized spacial score (nSPS) is 16.6. The van der Waals surface area contributed by atoms with E-state index in [2.05, 4.69) is 71.6 Å². The number of aryl methyl sites for hydroxylation is 1. The average Bonchev–Trinajstić information content (AvgIpc) is 3.44. The van der Waals surface area contributed by atoms with Gasteiger partial charge >= 0.3 is 0 Å². The maximum atomic E-state index is 12.6. The Bertz CT molecular complexity index is 1330. The van der Waals surface area contributed by atoms with E-state index in [0.29, 0.717) is 0 Å². The smallest absolute Gasteiger partial charge is 0.240 e. The lowest BCUT2D eigenvalue weighted by Gasteiger charge is -2.34. The number of carbonyl (C=O) groups excluding carboxylic acids is 1. The molecule has 1 saturated heterocycles. The highest BCUT2D eigenvalue weighted by Gasteiger charge is 2.29. The molecule has 1 amide bonds. The second kappa shape index (κ2) is 8.68. The molecule has 8 nitrogen and oxygen atoms in total. The molecule has 0 spiro atoms. The van der Waals surface area contributed by atoms with Crippen molar-refractivity contribution in [1.29, 1.82) is 0 Å². The molecule has 8 heteroatoms. The SMILES string of the molecule is Cc1cc(-c2n[nH]c(-c3ccc([C@H](C)N(C)C(=O)C4CCN4)cc3)c2C(C)C)cn2ncnc12. The van der Waals surface area contributed by atoms with Gasteiger partial charge in [-0.15, -0.1) is 0 Å². The highest BCUT2D eigenvalue weighted by Crippen LogP contribution is 2.36. The molecular formula is C26H31N7O. The van der Waals surface area contributed by atoms with Gasteiger partial charge in [0.2, 0.25) is 5.91 Å². The molecule has 2 N–H and O–H groups in total. The zero-order valence-electron chi connectivity index (χ0n) is 20.3. The van der Waals surface area contributed by atoms with Crippen LogP contribution in [0, 0.1) is 6.92 Å². The number of rotatable bonds is 6. The molecule has 1 aliphatic rings. The van der Waals surface area contributed by atoms with Crippen molar-refractivity contribution in [2.75, 3.05) is 13.6 Å². The fourth-order valence-corrected chi connectivity index (χ4v) is 4.66. The van der Waals surface area contributed by atoms with Gasteiger partial charge in [-0.1, -0.05) is 38.1 Å². The topological polar surface area (TPSA) is 91.2 Å². The fraction of sp³-hybridized carbons (Fsp3) is 0.385. The van der Waals surface area contributed by atoms with Crippen LogP contribution in [-0.4, -0.2) is 55.2 Å². The molecule has 1 aliphatic heterocycles. The second-order valence-corrected chi connectivity index (χ2v) is 9.50. The number of likely N-dealkylation sites (N-methyl/N-ethyl adjacent to an activating group) is 1. The van der Waals surface area contributed by atoms with Gasteiger partial charge in [-0.05, 0) is 55.5 Å². The minimum atomic E-state index is -0.0379. The van der Waals surface area contributed by atoms with E-state index >= 15 is 0 Å². The van der Waals surface area contributed by atoms with Crippen LogP contribution in [-0.2, 0) is 4.79 Å². The Morgan fingerprint density at radius 1 is 1.18 bits per heavy atom. The maximum absolute atomic E-state index is 12.6. The Balaban J connectivity index is 1.46. The maximum Gasteiger partial charge on any atom is 0.240 e. The number of nitrogens with zero attached hydrogens (tertiary/aromatic N) is 5. The van der Waals surface area contributed by atoms with Gasteiger partial charge in [0.15, 0.2) is 5.65 Å². The first kappa shape index (κ1) is 22.3. The number of hydrogen-bond acceptors (Lipinski definition) is 5. The number of amides is 1. The van der Waals surface area contributed by atoms with Crippen LogP contribution in [0.1, 0.15) is 55.8 Å². The molecule has 1 fully saturated rings. The van der Waals surface area contributed by atoms with E-state index in [9.17, 15) is 4.79 Å². The number of H-pyrrole nitrogens is 1. The van der Waals surface area contributed by atoms with Crippen molar-refractivity contribution in [1.82, 2.24) is 35.0 Å². The lowest BCUT2D eigenvalue weighted by atomic mass is 9.93. The number of benzene rings is 1. The third-order valence-corrected chi connectivity index (χ3v) is 6.95. The van der Waals surface area contributed by atoms with Crippen molar-refractivity contribution in [3.63, 3.8) is 0 Å². The van der Waals surface area contributed by atoms with E-state index in [4.69, 9.17) is 5.10 Å². The highest BCUT2D eigenvalue weighted by atomic mass is 16.2. The number of aromatic amines is 1. The first-order chi connectivity index (χ1) is 16.3. The molecule has 2 atom stereocenters. The molecule has 5 rings (SSSR count). The molecule has 4 aromatic rings. The van der Waals surface area contributed by atoms with Crippen molar-refractivity contribution in [2.24, 2.45) is 0 Å². The van der Waals surface area contributed by atoms with Gasteiger partial charge in [0.25, 0.3) is 0 Å². The number of pyridine rings is 1. The predicted molar refractivity (Wildman–Crippen MR) is 132 cm³/mol. The lowest BCUT2D eigenvalue weighted by Crippen LogP contribution is -2.53. The first-order valence-electron chi connectivity index (χ1n) is 11.8. The Kier molecular flexibility index (Phi) is 5.69. The molecule has 3 aromatic heterocycles. The van der Waals surface area contributed by atoms with Gasteiger partial charge in [0.1, 0.15) is 6.33 Å². The molecule has 4 heterocycles. The summed E-state index contributed by atoms with van der Waals surface area (Å²) >= 11 is 0. The summed E-state index contributed by atoms with van der Waals surface area (Å²) in [4.78, 5) is 18.8. The lowest BCUT2D eigenvalue weighted by molar-refractivity contribution is -0.135. The van der Waals surface area contributed by atoms with E-state index in [1.165, 1.54) is 5.56 Å². The van der Waals surface area contributed by atoms with E-state index in [-0.39, 0.29) is 23.9 Å². The summed E-state index contributed by atoms with van der Waals surface area (Å²) in [6, 6.07) is 10.5. The molecule has 0 radical (unpaired) electrons. The van der Waals surface area contributed by atoms with Gasteiger partial charge in [-0.25, -0.2) is 9.50 Å². The Morgan fingerprint density at radius 3 is 2.56 bits per heavy atom. The Morgan fingerprint density at radius 2 is 1.91 bits per heavy atom. The van der Waals surface area contributed by atoms with E-state index < -0.39 is 0 Å². The van der Waals surface area contributed by atoms with Crippen LogP contribution in [0.25, 0.3) is 28.2 Å². The van der Waals surface area contributed by atoms with E-state index in [1.807, 2.05) is 25.1 Å². The summed E-state index contributed by atoms with van der Waals surface area (Å²) < 4.78 is 1.80. The minimum Gasteiger partial charge on any atom is -0.338 e. The molecule has 1 unspecified atom stereocenters. The van der Waals surface area contributed by atoms with Gasteiger partial charge in [-0.3, -0.25) is 9.89 Å². The van der Waals surface area contributed by atoms with E-state index in [0.717, 1.165) is 52.3 Å². The summed E-state index contributed by atoms with van der Waals surface area (Å²) in [6.07, 6.45) is 4.47. The van der Waals surface area contributed by atoms with Gasteiger partial charge < -0.3 is 10.2 Å². The van der Waals surface area contributed by atoms with Crippen molar-refractivity contribution < 1.29 is 4.79 Å². The quantitative estimate of drug-likeness (QED) is 0.455. The van der Waals surface area contributed by atoms with Crippen molar-refractivity contribution in [2.45, 2.75) is 52.1 Å². The van der Waals surface area contributed by atoms with Crippen LogP contribution >= 0.6 is 0 Å². The van der Waals surface area contributed by atoms with Crippen LogP contribution in [0.5, 0.6) is 0 Å². The molecular weight excluding hydrogens is 426 g/mol. The number of fused-ring (bicyclic) bond motifs is 1. The zero-order valence-corrected chi connectivity index (χ0v) is 20.3. The minimum absolute atomic E-state index is 0.00299. The highest BCUT2D eigenvalue weighted by molar-refractivity contribution is 5.83. The molecule has 34 heavy (non-hydrogen) atoms. The number of nitrogens with one attached hydrogen (secondary N) is 2. The van der Waals surface area contributed by atoms with Crippen LogP contribution in [0.4, 0.5) is 0 Å². The molecule has 176 valence electrons. The molecule has 1 aromatic carbocycles. The standard InChI is InChI=1S/C26H31N7O/c1-15(2)22-23(30-31-24(22)20-12-16(3)25-28-14-29-33(25)13-20)19-8-6-18(7-9-19)17(4)32(5)26(34)21-10-11-27-21/h6-9,12-15,17,21,27H,10-11H2,1-5H3,(H,30,31)/t17-,21?/m0/s1. The van der Waals surface area contributed by atoms with Crippen LogP contribution < -0.4 is 5.32 Å². The summed E-state index contributed by atoms with van der Waals surface area (Å²) in [5.41, 5.74) is 8.23. The fourth-order valence-electron chi connectivity index (χ4n) is 4.66. The van der Waals surface area contributed by atoms with Crippen molar-refractivity contribution >= 4 is 11.6 Å². The first-order valence-corrected chi connectivity index (χ1v) is 11.8. The monoisotopic (exact) mass is 457 g/mol. The number of aromatic nitrogens is 5. The third kappa shape index (κ3) is 3.77. The second-order valence-electron chi connectivity index (χ2n) is 9.50. The largest absolute Gasteiger partial charge is 0.338 e. The third-order valence-electron chi connectivity index (χ3n) is 6.95. The molecule has 0 bridgehead atoms. The van der Waals surface area contributed by atoms with Crippen LogP contribution in [0.2, 0.25) is 0 Å². The van der Waals surface area contributed by atoms with Crippen molar-refractivity contribution in [3.8, 4) is 22.5 Å². The zero-order chi connectivity index (χ0) is 24.0. The van der Waals surface area contributed by atoms with E-state index in [1.54, 1.807) is 10.8 Å².